The van der Waals surface area contributed by atoms with Crippen molar-refractivity contribution < 1.29 is 9.90 Å². The van der Waals surface area contributed by atoms with Gasteiger partial charge in [-0.15, -0.1) is 0 Å². The first-order valence-electron chi connectivity index (χ1n) is 10.4. The number of rotatable bonds is 0. The van der Waals surface area contributed by atoms with Crippen LogP contribution in [0, 0.1) is 40.4 Å². The molecule has 2 heteroatoms. The zero-order valence-electron chi connectivity index (χ0n) is 15.0. The van der Waals surface area contributed by atoms with E-state index in [0.29, 0.717) is 22.5 Å². The third-order valence-corrected chi connectivity index (χ3v) is 9.43. The summed E-state index contributed by atoms with van der Waals surface area (Å²) < 4.78 is 0. The number of fused-ring (bicyclic) bond motifs is 4. The molecule has 5 rings (SSSR count). The fraction of sp³-hybridized carbons (Fsp3) is 0.864. The molecule has 0 aromatic heterocycles. The number of hydrogen-bond donors (Lipinski definition) is 1. The molecule has 0 radical (unpaired) electrons. The number of carbonyl (C=O) groups is 1. The molecule has 5 aliphatic rings. The van der Waals surface area contributed by atoms with Gasteiger partial charge in [0.15, 0.2) is 5.78 Å². The lowest BCUT2D eigenvalue weighted by Crippen LogP contribution is -2.54. The molecule has 4 fully saturated rings. The highest BCUT2D eigenvalue weighted by atomic mass is 16.3. The average Bonchev–Trinajstić information content (AvgIpc) is 2.94. The molecule has 1 N–H and O–H groups in total. The Morgan fingerprint density at radius 1 is 1.00 bits per heavy atom. The molecule has 0 aliphatic heterocycles. The summed E-state index contributed by atoms with van der Waals surface area (Å²) in [5.41, 5.74) is 0.836. The van der Waals surface area contributed by atoms with Crippen LogP contribution in [0.3, 0.4) is 0 Å². The lowest BCUT2D eigenvalue weighted by Gasteiger charge is -2.61. The first kappa shape index (κ1) is 15.6. The highest BCUT2D eigenvalue weighted by Crippen LogP contribution is 2.68. The molecule has 0 aromatic carbocycles. The fourth-order valence-electron chi connectivity index (χ4n) is 8.26. The maximum absolute atomic E-state index is 11.9. The molecule has 0 bridgehead atoms. The highest BCUT2D eigenvalue weighted by molar-refractivity contribution is 5.91. The Hall–Kier alpha value is -0.630. The van der Waals surface area contributed by atoms with Gasteiger partial charge in [-0.25, -0.2) is 0 Å². The Labute approximate surface area is 146 Å². The second-order valence-electron chi connectivity index (χ2n) is 10.0. The van der Waals surface area contributed by atoms with Crippen molar-refractivity contribution >= 4 is 5.78 Å². The van der Waals surface area contributed by atoms with Crippen LogP contribution >= 0.6 is 0 Å². The highest BCUT2D eigenvalue weighted by Gasteiger charge is 2.61. The Balaban J connectivity index is 1.47. The summed E-state index contributed by atoms with van der Waals surface area (Å²) in [6, 6.07) is 0. The van der Waals surface area contributed by atoms with Gasteiger partial charge in [0.2, 0.25) is 0 Å². The van der Waals surface area contributed by atoms with Crippen LogP contribution in [0.1, 0.15) is 71.1 Å². The van der Waals surface area contributed by atoms with Crippen LogP contribution < -0.4 is 0 Å². The van der Waals surface area contributed by atoms with Gasteiger partial charge >= 0.3 is 0 Å². The number of aliphatic hydroxyl groups is 1. The molecule has 1 spiro atoms. The second kappa shape index (κ2) is 5.19. The maximum Gasteiger partial charge on any atom is 0.155 e. The molecule has 132 valence electrons. The molecule has 24 heavy (non-hydrogen) atoms. The zero-order chi connectivity index (χ0) is 16.5. The Morgan fingerprint density at radius 2 is 1.83 bits per heavy atom. The van der Waals surface area contributed by atoms with Gasteiger partial charge in [-0.2, -0.15) is 0 Å². The van der Waals surface area contributed by atoms with E-state index in [1.165, 1.54) is 44.9 Å². The number of carbonyl (C=O) groups excluding carboxylic acids is 1. The van der Waals surface area contributed by atoms with Crippen molar-refractivity contribution in [2.45, 2.75) is 77.2 Å². The number of hydrogen-bond acceptors (Lipinski definition) is 2. The van der Waals surface area contributed by atoms with Gasteiger partial charge in [0.05, 0.1) is 6.10 Å². The molecule has 2 nitrogen and oxygen atoms in total. The molecular weight excluding hydrogens is 296 g/mol. The molecule has 0 saturated heterocycles. The topological polar surface area (TPSA) is 37.3 Å². The van der Waals surface area contributed by atoms with Crippen molar-refractivity contribution in [2.75, 3.05) is 0 Å². The van der Waals surface area contributed by atoms with Crippen molar-refractivity contribution in [1.82, 2.24) is 0 Å². The summed E-state index contributed by atoms with van der Waals surface area (Å²) >= 11 is 0. The Kier molecular flexibility index (Phi) is 3.38. The summed E-state index contributed by atoms with van der Waals surface area (Å²) in [6.45, 7) is 2.56. The molecule has 0 amide bonds. The van der Waals surface area contributed by atoms with E-state index in [9.17, 15) is 9.90 Å². The molecule has 0 aromatic rings. The van der Waals surface area contributed by atoms with Gasteiger partial charge < -0.3 is 5.11 Å². The van der Waals surface area contributed by atoms with Crippen LogP contribution in [-0.4, -0.2) is 17.0 Å². The van der Waals surface area contributed by atoms with Gasteiger partial charge in [0.1, 0.15) is 0 Å². The summed E-state index contributed by atoms with van der Waals surface area (Å²) in [5, 5.41) is 10.1. The van der Waals surface area contributed by atoms with E-state index in [2.05, 4.69) is 13.0 Å². The number of aliphatic hydroxyl groups excluding tert-OH is 1. The van der Waals surface area contributed by atoms with E-state index in [1.54, 1.807) is 0 Å². The minimum atomic E-state index is -0.0438. The van der Waals surface area contributed by atoms with E-state index >= 15 is 0 Å². The van der Waals surface area contributed by atoms with Crippen LogP contribution in [0.15, 0.2) is 12.2 Å². The quantitative estimate of drug-likeness (QED) is 0.710. The predicted molar refractivity (Wildman–Crippen MR) is 94.3 cm³/mol. The SMILES string of the molecule is C[C@]12CC[C@@H](O)C[C@@H]1CC[C@@H]1[C@@H]2CC[C@@]23C=CC(=O)C[C@H]2CC[C@@H]13. The van der Waals surface area contributed by atoms with Gasteiger partial charge in [-0.3, -0.25) is 4.79 Å². The molecule has 4 saturated carbocycles. The van der Waals surface area contributed by atoms with Crippen molar-refractivity contribution in [3.05, 3.63) is 12.2 Å². The molecule has 8 atom stereocenters. The first-order valence-corrected chi connectivity index (χ1v) is 10.4. The zero-order valence-corrected chi connectivity index (χ0v) is 15.0. The normalized spacial score (nSPS) is 56.2. The van der Waals surface area contributed by atoms with Gasteiger partial charge in [-0.1, -0.05) is 13.0 Å². The maximum atomic E-state index is 11.9. The lowest BCUT2D eigenvalue weighted by atomic mass is 9.44. The van der Waals surface area contributed by atoms with Crippen LogP contribution in [0.25, 0.3) is 0 Å². The van der Waals surface area contributed by atoms with Crippen LogP contribution in [-0.2, 0) is 4.79 Å². The third kappa shape index (κ3) is 1.95. The van der Waals surface area contributed by atoms with Crippen LogP contribution in [0.4, 0.5) is 0 Å². The molecular formula is C22H32O2. The second-order valence-corrected chi connectivity index (χ2v) is 10.0. The summed E-state index contributed by atoms with van der Waals surface area (Å²) in [7, 11) is 0. The number of allylic oxidation sites excluding steroid dienone is 2. The standard InChI is InChI=1S/C22H32O2/c1-21-9-6-16(23)12-14(21)2-4-18-19(21)8-11-22-10-7-17(24)13-15(22)3-5-20(18)22/h7,10,14-16,18-20,23H,2-6,8-9,11-13H2,1H3/t14-,15+,16+,18+,19-,20-,21-,22-/m0/s1. The first-order chi connectivity index (χ1) is 11.5. The van der Waals surface area contributed by atoms with Crippen molar-refractivity contribution in [2.24, 2.45) is 40.4 Å². The number of ketones is 1. The summed E-state index contributed by atoms with van der Waals surface area (Å²) in [5.74, 6) is 4.32. The van der Waals surface area contributed by atoms with Crippen molar-refractivity contribution in [3.8, 4) is 0 Å². The van der Waals surface area contributed by atoms with Crippen molar-refractivity contribution in [3.63, 3.8) is 0 Å². The van der Waals surface area contributed by atoms with Crippen LogP contribution in [0.5, 0.6) is 0 Å². The minimum Gasteiger partial charge on any atom is -0.393 e. The average molecular weight is 328 g/mol. The van der Waals surface area contributed by atoms with E-state index in [0.717, 1.165) is 42.9 Å². The predicted octanol–water partition coefficient (Wildman–Crippen LogP) is 4.52. The van der Waals surface area contributed by atoms with Gasteiger partial charge in [0, 0.05) is 6.42 Å². The molecule has 0 unspecified atom stereocenters. The molecule has 5 aliphatic carbocycles. The minimum absolute atomic E-state index is 0.0438. The molecule has 0 heterocycles. The van der Waals surface area contributed by atoms with Gasteiger partial charge in [-0.05, 0) is 104 Å². The van der Waals surface area contributed by atoms with E-state index in [1.807, 2.05) is 6.08 Å². The van der Waals surface area contributed by atoms with E-state index < -0.39 is 0 Å². The van der Waals surface area contributed by atoms with E-state index in [4.69, 9.17) is 0 Å². The summed E-state index contributed by atoms with van der Waals surface area (Å²) in [4.78, 5) is 11.9. The van der Waals surface area contributed by atoms with Crippen LogP contribution in [0.2, 0.25) is 0 Å². The fourth-order valence-corrected chi connectivity index (χ4v) is 8.26. The lowest BCUT2D eigenvalue weighted by molar-refractivity contribution is -0.127. The van der Waals surface area contributed by atoms with Gasteiger partial charge in [0.25, 0.3) is 0 Å². The Morgan fingerprint density at radius 3 is 2.71 bits per heavy atom. The van der Waals surface area contributed by atoms with E-state index in [-0.39, 0.29) is 6.10 Å². The Bertz CT molecular complexity index is 581. The third-order valence-electron chi connectivity index (χ3n) is 9.43. The van der Waals surface area contributed by atoms with Crippen molar-refractivity contribution in [1.29, 1.82) is 0 Å². The largest absolute Gasteiger partial charge is 0.393 e. The monoisotopic (exact) mass is 328 g/mol. The summed E-state index contributed by atoms with van der Waals surface area (Å²) in [6.07, 6.45) is 16.4. The smallest absolute Gasteiger partial charge is 0.155 e.